The van der Waals surface area contributed by atoms with E-state index in [1.807, 2.05) is 0 Å². The minimum absolute atomic E-state index is 0.391. The van der Waals surface area contributed by atoms with Crippen LogP contribution in [0, 0.1) is 5.92 Å². The third-order valence-corrected chi connectivity index (χ3v) is 2.17. The van der Waals surface area contributed by atoms with Gasteiger partial charge in [-0.25, -0.2) is 0 Å². The monoisotopic (exact) mass is 134 g/mol. The first-order valence-electron chi connectivity index (χ1n) is 2.97. The summed E-state index contributed by atoms with van der Waals surface area (Å²) in [6.45, 7) is 4.13. The number of ether oxygens (including phenoxy) is 1. The number of hydrogen-bond acceptors (Lipinski definition) is 1. The van der Waals surface area contributed by atoms with Crippen LogP contribution in [0.1, 0.15) is 13.8 Å². The SMILES string of the molecule is CC1OC(C)C1CCl. The highest BCUT2D eigenvalue weighted by Crippen LogP contribution is 2.28. The van der Waals surface area contributed by atoms with Crippen LogP contribution < -0.4 is 0 Å². The molecule has 1 aliphatic rings. The lowest BCUT2D eigenvalue weighted by Gasteiger charge is -2.39. The van der Waals surface area contributed by atoms with Gasteiger partial charge in [0.2, 0.25) is 0 Å². The average Bonchev–Trinajstić information content (AvgIpc) is 1.67. The van der Waals surface area contributed by atoms with Gasteiger partial charge in [0.25, 0.3) is 0 Å². The molecule has 1 heterocycles. The molecule has 0 radical (unpaired) electrons. The highest BCUT2D eigenvalue weighted by atomic mass is 35.5. The fraction of sp³-hybridized carbons (Fsp3) is 1.00. The van der Waals surface area contributed by atoms with Crippen molar-refractivity contribution in [2.75, 3.05) is 5.88 Å². The van der Waals surface area contributed by atoms with Gasteiger partial charge in [0.1, 0.15) is 0 Å². The summed E-state index contributed by atoms with van der Waals surface area (Å²) in [4.78, 5) is 0. The summed E-state index contributed by atoms with van der Waals surface area (Å²) in [7, 11) is 0. The zero-order valence-electron chi connectivity index (χ0n) is 5.23. The predicted molar refractivity (Wildman–Crippen MR) is 34.2 cm³/mol. The van der Waals surface area contributed by atoms with Crippen LogP contribution in [0.2, 0.25) is 0 Å². The van der Waals surface area contributed by atoms with E-state index in [1.165, 1.54) is 0 Å². The molecule has 0 spiro atoms. The molecule has 1 nitrogen and oxygen atoms in total. The van der Waals surface area contributed by atoms with Gasteiger partial charge in [-0.05, 0) is 13.8 Å². The summed E-state index contributed by atoms with van der Waals surface area (Å²) in [6.07, 6.45) is 0.782. The Bertz CT molecular complexity index is 76.6. The van der Waals surface area contributed by atoms with Crippen molar-refractivity contribution in [2.24, 2.45) is 5.92 Å². The molecule has 0 saturated carbocycles. The zero-order chi connectivity index (χ0) is 6.15. The van der Waals surface area contributed by atoms with Crippen LogP contribution in [-0.4, -0.2) is 18.1 Å². The normalized spacial score (nSPS) is 46.1. The van der Waals surface area contributed by atoms with Gasteiger partial charge in [0.15, 0.2) is 0 Å². The molecule has 0 aliphatic carbocycles. The van der Waals surface area contributed by atoms with Gasteiger partial charge in [0.05, 0.1) is 12.2 Å². The summed E-state index contributed by atoms with van der Waals surface area (Å²) in [6, 6.07) is 0. The number of halogens is 1. The molecule has 1 fully saturated rings. The molecule has 8 heavy (non-hydrogen) atoms. The Morgan fingerprint density at radius 2 is 1.88 bits per heavy atom. The smallest absolute Gasteiger partial charge is 0.0615 e. The van der Waals surface area contributed by atoms with Crippen molar-refractivity contribution in [3.05, 3.63) is 0 Å². The van der Waals surface area contributed by atoms with Crippen molar-refractivity contribution < 1.29 is 4.74 Å². The molecule has 1 rings (SSSR count). The molecule has 0 N–H and O–H groups in total. The fourth-order valence-electron chi connectivity index (χ4n) is 1.08. The molecular weight excluding hydrogens is 124 g/mol. The van der Waals surface area contributed by atoms with Crippen LogP contribution in [0.3, 0.4) is 0 Å². The predicted octanol–water partition coefficient (Wildman–Crippen LogP) is 1.65. The van der Waals surface area contributed by atoms with Gasteiger partial charge in [0, 0.05) is 11.8 Å². The Kier molecular flexibility index (Phi) is 1.78. The lowest BCUT2D eigenvalue weighted by Crippen LogP contribution is -2.46. The lowest BCUT2D eigenvalue weighted by molar-refractivity contribution is -0.155. The summed E-state index contributed by atoms with van der Waals surface area (Å²) in [5.41, 5.74) is 0. The van der Waals surface area contributed by atoms with Gasteiger partial charge in [-0.3, -0.25) is 0 Å². The maximum atomic E-state index is 5.61. The van der Waals surface area contributed by atoms with Gasteiger partial charge in [-0.1, -0.05) is 0 Å². The number of alkyl halides is 1. The van der Waals surface area contributed by atoms with Crippen LogP contribution in [-0.2, 0) is 4.74 Å². The van der Waals surface area contributed by atoms with Crippen molar-refractivity contribution in [1.29, 1.82) is 0 Å². The quantitative estimate of drug-likeness (QED) is 0.496. The Labute approximate surface area is 55.0 Å². The minimum Gasteiger partial charge on any atom is -0.375 e. The van der Waals surface area contributed by atoms with Crippen molar-refractivity contribution >= 4 is 11.6 Å². The van der Waals surface area contributed by atoms with Crippen molar-refractivity contribution in [3.63, 3.8) is 0 Å². The summed E-state index contributed by atoms with van der Waals surface area (Å²) < 4.78 is 5.26. The standard InChI is InChI=1S/C6H11ClO/c1-4-6(3-7)5(2)8-4/h4-6H,3H2,1-2H3. The van der Waals surface area contributed by atoms with Crippen molar-refractivity contribution in [1.82, 2.24) is 0 Å². The van der Waals surface area contributed by atoms with E-state index in [-0.39, 0.29) is 0 Å². The Hall–Kier alpha value is 0.250. The highest BCUT2D eigenvalue weighted by Gasteiger charge is 2.34. The van der Waals surface area contributed by atoms with Crippen LogP contribution in [0.5, 0.6) is 0 Å². The third kappa shape index (κ3) is 0.848. The van der Waals surface area contributed by atoms with E-state index in [1.54, 1.807) is 0 Å². The molecule has 0 aromatic heterocycles. The topological polar surface area (TPSA) is 9.23 Å². The molecular formula is C6H11ClO. The number of rotatable bonds is 1. The molecule has 1 aliphatic heterocycles. The molecule has 2 heteroatoms. The van der Waals surface area contributed by atoms with Crippen LogP contribution >= 0.6 is 11.6 Å². The van der Waals surface area contributed by atoms with Crippen LogP contribution in [0.4, 0.5) is 0 Å². The molecule has 0 amide bonds. The van der Waals surface area contributed by atoms with Crippen molar-refractivity contribution in [3.8, 4) is 0 Å². The summed E-state index contributed by atoms with van der Waals surface area (Å²) >= 11 is 5.61. The van der Waals surface area contributed by atoms with E-state index < -0.39 is 0 Å². The fourth-order valence-corrected chi connectivity index (χ4v) is 1.59. The molecule has 1 saturated heterocycles. The van der Waals surface area contributed by atoms with E-state index in [9.17, 15) is 0 Å². The second kappa shape index (κ2) is 2.24. The average molecular weight is 135 g/mol. The maximum absolute atomic E-state index is 5.61. The van der Waals surface area contributed by atoms with Crippen molar-refractivity contribution in [2.45, 2.75) is 26.1 Å². The van der Waals surface area contributed by atoms with Crippen LogP contribution in [0.15, 0.2) is 0 Å². The third-order valence-electron chi connectivity index (χ3n) is 1.81. The van der Waals surface area contributed by atoms with E-state index >= 15 is 0 Å². The van der Waals surface area contributed by atoms with E-state index in [2.05, 4.69) is 13.8 Å². The van der Waals surface area contributed by atoms with Gasteiger partial charge < -0.3 is 4.74 Å². The summed E-state index contributed by atoms with van der Waals surface area (Å²) in [5.74, 6) is 1.33. The minimum atomic E-state index is 0.391. The molecule has 0 aromatic rings. The Balaban J connectivity index is 2.29. The van der Waals surface area contributed by atoms with Crippen LogP contribution in [0.25, 0.3) is 0 Å². The largest absolute Gasteiger partial charge is 0.375 e. The molecule has 0 bridgehead atoms. The molecule has 48 valence electrons. The highest BCUT2D eigenvalue weighted by molar-refractivity contribution is 6.18. The second-order valence-electron chi connectivity index (χ2n) is 2.36. The van der Waals surface area contributed by atoms with Gasteiger partial charge >= 0.3 is 0 Å². The first-order chi connectivity index (χ1) is 3.75. The molecule has 2 unspecified atom stereocenters. The molecule has 2 atom stereocenters. The van der Waals surface area contributed by atoms with E-state index in [0.29, 0.717) is 18.1 Å². The Morgan fingerprint density at radius 3 is 2.00 bits per heavy atom. The molecule has 0 aromatic carbocycles. The first-order valence-corrected chi connectivity index (χ1v) is 3.50. The zero-order valence-corrected chi connectivity index (χ0v) is 5.98. The van der Waals surface area contributed by atoms with E-state index in [4.69, 9.17) is 16.3 Å². The second-order valence-corrected chi connectivity index (χ2v) is 2.67. The number of hydrogen-bond donors (Lipinski definition) is 0. The van der Waals surface area contributed by atoms with E-state index in [0.717, 1.165) is 5.88 Å². The Morgan fingerprint density at radius 1 is 1.38 bits per heavy atom. The van der Waals surface area contributed by atoms with Gasteiger partial charge in [-0.15, -0.1) is 11.6 Å². The maximum Gasteiger partial charge on any atom is 0.0615 e. The summed E-state index contributed by atoms with van der Waals surface area (Å²) in [5, 5.41) is 0. The van der Waals surface area contributed by atoms with Gasteiger partial charge in [-0.2, -0.15) is 0 Å². The lowest BCUT2D eigenvalue weighted by atomic mass is 9.94. The first kappa shape index (κ1) is 6.37.